The summed E-state index contributed by atoms with van der Waals surface area (Å²) in [7, 11) is 4.25. The molecule has 0 spiro atoms. The fourth-order valence-corrected chi connectivity index (χ4v) is 2.78. The van der Waals surface area contributed by atoms with Crippen LogP contribution in [0.15, 0.2) is 30.3 Å². The van der Waals surface area contributed by atoms with E-state index in [4.69, 9.17) is 5.73 Å². The van der Waals surface area contributed by atoms with Crippen LogP contribution in [-0.4, -0.2) is 55.9 Å². The van der Waals surface area contributed by atoms with Crippen molar-refractivity contribution in [2.45, 2.75) is 25.7 Å². The lowest BCUT2D eigenvalue weighted by atomic mass is 10.1. The Labute approximate surface area is 141 Å². The number of benzene rings is 1. The van der Waals surface area contributed by atoms with E-state index in [2.05, 4.69) is 66.1 Å². The van der Waals surface area contributed by atoms with Crippen molar-refractivity contribution in [3.05, 3.63) is 30.3 Å². The third kappa shape index (κ3) is 5.01. The molecule has 0 amide bonds. The molecule has 1 fully saturated rings. The fraction of sp³-hybridized carbons (Fsp3) is 0.600. The molecular formula is C15H28Cl2N4. The zero-order chi connectivity index (χ0) is 13.8. The zero-order valence-electron chi connectivity index (χ0n) is 13.1. The van der Waals surface area contributed by atoms with Gasteiger partial charge in [-0.05, 0) is 45.7 Å². The van der Waals surface area contributed by atoms with E-state index in [1.54, 1.807) is 0 Å². The van der Waals surface area contributed by atoms with Crippen molar-refractivity contribution in [1.29, 1.82) is 0 Å². The standard InChI is InChI=1S/C15H26N4.2ClH/c1-4-18-12-14(10-11-17(2)3)19(15(18)16)13-8-6-5-7-9-13;;/h5-9,14-15H,4,10-12,16H2,1-3H3;2*1H. The Bertz CT molecular complexity index is 389. The Morgan fingerprint density at radius 3 is 2.33 bits per heavy atom. The number of rotatable bonds is 5. The molecule has 1 aliphatic heterocycles. The minimum Gasteiger partial charge on any atom is -0.339 e. The Balaban J connectivity index is 0.00000200. The van der Waals surface area contributed by atoms with Crippen LogP contribution in [0.5, 0.6) is 0 Å². The Kier molecular flexibility index (Phi) is 9.25. The van der Waals surface area contributed by atoms with E-state index in [0.717, 1.165) is 26.1 Å². The molecule has 1 aliphatic rings. The summed E-state index contributed by atoms with van der Waals surface area (Å²) in [6.07, 6.45) is 1.14. The predicted octanol–water partition coefficient (Wildman–Crippen LogP) is 2.23. The highest BCUT2D eigenvalue weighted by molar-refractivity contribution is 5.85. The van der Waals surface area contributed by atoms with Gasteiger partial charge in [0.05, 0.1) is 0 Å². The van der Waals surface area contributed by atoms with Gasteiger partial charge in [-0.25, -0.2) is 0 Å². The highest BCUT2D eigenvalue weighted by Gasteiger charge is 2.35. The third-order valence-electron chi connectivity index (χ3n) is 3.87. The summed E-state index contributed by atoms with van der Waals surface area (Å²) in [6.45, 7) is 5.33. The second kappa shape index (κ2) is 9.49. The molecule has 0 bridgehead atoms. The molecular weight excluding hydrogens is 307 g/mol. The van der Waals surface area contributed by atoms with Crippen LogP contribution in [0.4, 0.5) is 5.69 Å². The number of nitrogens with zero attached hydrogens (tertiary/aromatic N) is 3. The molecule has 0 aliphatic carbocycles. The maximum Gasteiger partial charge on any atom is 0.135 e. The molecule has 0 aromatic heterocycles. The normalized spacial score (nSPS) is 22.0. The van der Waals surface area contributed by atoms with E-state index in [-0.39, 0.29) is 31.1 Å². The van der Waals surface area contributed by atoms with Crippen molar-refractivity contribution in [1.82, 2.24) is 9.80 Å². The molecule has 1 aromatic carbocycles. The van der Waals surface area contributed by atoms with E-state index in [9.17, 15) is 0 Å². The molecule has 4 nitrogen and oxygen atoms in total. The number of halogens is 2. The number of hydrogen-bond acceptors (Lipinski definition) is 4. The molecule has 2 unspecified atom stereocenters. The van der Waals surface area contributed by atoms with Gasteiger partial charge in [-0.2, -0.15) is 0 Å². The minimum atomic E-state index is -0.000405. The first-order valence-corrected chi connectivity index (χ1v) is 7.11. The number of nitrogens with two attached hydrogens (primary N) is 1. The van der Waals surface area contributed by atoms with Gasteiger partial charge < -0.3 is 9.80 Å². The van der Waals surface area contributed by atoms with E-state index in [1.165, 1.54) is 5.69 Å². The molecule has 2 N–H and O–H groups in total. The number of hydrogen-bond donors (Lipinski definition) is 1. The molecule has 0 radical (unpaired) electrons. The molecule has 122 valence electrons. The van der Waals surface area contributed by atoms with Gasteiger partial charge in [0.1, 0.15) is 6.29 Å². The van der Waals surface area contributed by atoms with Gasteiger partial charge in [0.2, 0.25) is 0 Å². The lowest BCUT2D eigenvalue weighted by Gasteiger charge is -2.31. The second-order valence-electron chi connectivity index (χ2n) is 5.49. The maximum absolute atomic E-state index is 6.40. The molecule has 0 saturated carbocycles. The topological polar surface area (TPSA) is 35.7 Å². The summed E-state index contributed by atoms with van der Waals surface area (Å²) in [5.41, 5.74) is 7.63. The van der Waals surface area contributed by atoms with Gasteiger partial charge >= 0.3 is 0 Å². The van der Waals surface area contributed by atoms with Gasteiger partial charge in [0, 0.05) is 18.3 Å². The Morgan fingerprint density at radius 1 is 1.19 bits per heavy atom. The first-order chi connectivity index (χ1) is 9.13. The quantitative estimate of drug-likeness (QED) is 0.895. The Morgan fingerprint density at radius 2 is 1.81 bits per heavy atom. The lowest BCUT2D eigenvalue weighted by Crippen LogP contribution is -2.47. The number of likely N-dealkylation sites (N-methyl/N-ethyl adjacent to an activating group) is 1. The summed E-state index contributed by atoms with van der Waals surface area (Å²) in [6, 6.07) is 11.0. The molecule has 2 atom stereocenters. The Hall–Kier alpha value is -0.520. The van der Waals surface area contributed by atoms with Crippen molar-refractivity contribution in [2.75, 3.05) is 38.6 Å². The fourth-order valence-electron chi connectivity index (χ4n) is 2.78. The smallest absolute Gasteiger partial charge is 0.135 e. The first kappa shape index (κ1) is 20.5. The van der Waals surface area contributed by atoms with Gasteiger partial charge in [-0.3, -0.25) is 10.6 Å². The van der Waals surface area contributed by atoms with Crippen LogP contribution in [0.3, 0.4) is 0 Å². The van der Waals surface area contributed by atoms with Gasteiger partial charge in [-0.15, -0.1) is 24.8 Å². The van der Waals surface area contributed by atoms with Gasteiger partial charge in [0.15, 0.2) is 0 Å². The maximum atomic E-state index is 6.40. The van der Waals surface area contributed by atoms with Crippen LogP contribution in [-0.2, 0) is 0 Å². The van der Waals surface area contributed by atoms with Gasteiger partial charge in [0.25, 0.3) is 0 Å². The number of para-hydroxylation sites is 1. The minimum absolute atomic E-state index is 0. The van der Waals surface area contributed by atoms with Crippen LogP contribution in [0.2, 0.25) is 0 Å². The summed E-state index contributed by atoms with van der Waals surface area (Å²) in [4.78, 5) is 6.95. The van der Waals surface area contributed by atoms with E-state index < -0.39 is 0 Å². The van der Waals surface area contributed by atoms with Crippen molar-refractivity contribution in [3.63, 3.8) is 0 Å². The largest absolute Gasteiger partial charge is 0.339 e. The van der Waals surface area contributed by atoms with Crippen LogP contribution in [0.1, 0.15) is 13.3 Å². The van der Waals surface area contributed by atoms with Crippen molar-refractivity contribution >= 4 is 30.5 Å². The highest BCUT2D eigenvalue weighted by atomic mass is 35.5. The lowest BCUT2D eigenvalue weighted by molar-refractivity contribution is 0.270. The van der Waals surface area contributed by atoms with Crippen LogP contribution in [0.25, 0.3) is 0 Å². The number of anilines is 1. The highest BCUT2D eigenvalue weighted by Crippen LogP contribution is 2.27. The molecule has 6 heteroatoms. The molecule has 1 aromatic rings. The van der Waals surface area contributed by atoms with Crippen LogP contribution >= 0.6 is 24.8 Å². The molecule has 1 heterocycles. The van der Waals surface area contributed by atoms with Crippen LogP contribution in [0, 0.1) is 0 Å². The average molecular weight is 335 g/mol. The van der Waals surface area contributed by atoms with Gasteiger partial charge in [-0.1, -0.05) is 25.1 Å². The van der Waals surface area contributed by atoms with Crippen molar-refractivity contribution < 1.29 is 0 Å². The SMILES string of the molecule is CCN1CC(CCN(C)C)N(c2ccccc2)C1N.Cl.Cl. The third-order valence-corrected chi connectivity index (χ3v) is 3.87. The molecule has 2 rings (SSSR count). The second-order valence-corrected chi connectivity index (χ2v) is 5.49. The molecule has 21 heavy (non-hydrogen) atoms. The van der Waals surface area contributed by atoms with Crippen molar-refractivity contribution in [2.24, 2.45) is 5.73 Å². The first-order valence-electron chi connectivity index (χ1n) is 7.11. The molecule has 1 saturated heterocycles. The summed E-state index contributed by atoms with van der Waals surface area (Å²) >= 11 is 0. The average Bonchev–Trinajstić information content (AvgIpc) is 2.73. The van der Waals surface area contributed by atoms with Crippen LogP contribution < -0.4 is 10.6 Å². The zero-order valence-corrected chi connectivity index (χ0v) is 14.7. The predicted molar refractivity (Wildman–Crippen MR) is 95.6 cm³/mol. The summed E-state index contributed by atoms with van der Waals surface area (Å²) < 4.78 is 0. The van der Waals surface area contributed by atoms with E-state index in [1.807, 2.05) is 0 Å². The summed E-state index contributed by atoms with van der Waals surface area (Å²) in [5, 5.41) is 0. The van der Waals surface area contributed by atoms with Crippen molar-refractivity contribution in [3.8, 4) is 0 Å². The van der Waals surface area contributed by atoms with E-state index in [0.29, 0.717) is 6.04 Å². The monoisotopic (exact) mass is 334 g/mol. The van der Waals surface area contributed by atoms with E-state index >= 15 is 0 Å². The summed E-state index contributed by atoms with van der Waals surface area (Å²) in [5.74, 6) is 0.